The number of carbonyl (C=O) groups excluding carboxylic acids is 1. The second-order valence-electron chi connectivity index (χ2n) is 6.57. The SMILES string of the molecule is CCc1nnc(NC(=O)NC(CO)CCN2CC(Oc3ccc(F)cc3)C2)s1. The van der Waals surface area contributed by atoms with Crippen LogP contribution in [0.5, 0.6) is 5.75 Å². The first-order chi connectivity index (χ1) is 13.6. The summed E-state index contributed by atoms with van der Waals surface area (Å²) in [6.07, 6.45) is 1.45. The number of urea groups is 1. The Kier molecular flexibility index (Phi) is 7.12. The molecule has 1 aliphatic heterocycles. The molecule has 0 bridgehead atoms. The lowest BCUT2D eigenvalue weighted by Crippen LogP contribution is -2.55. The Morgan fingerprint density at radius 1 is 1.39 bits per heavy atom. The third-order valence-corrected chi connectivity index (χ3v) is 5.36. The lowest BCUT2D eigenvalue weighted by molar-refractivity contribution is 0.0168. The molecule has 28 heavy (non-hydrogen) atoms. The first-order valence-electron chi connectivity index (χ1n) is 9.21. The molecule has 1 aromatic heterocycles. The van der Waals surface area contributed by atoms with Crippen molar-refractivity contribution in [2.24, 2.45) is 0 Å². The van der Waals surface area contributed by atoms with Crippen LogP contribution in [0.25, 0.3) is 0 Å². The smallest absolute Gasteiger partial charge is 0.321 e. The number of halogens is 1. The van der Waals surface area contributed by atoms with Gasteiger partial charge in [0.05, 0.1) is 12.6 Å². The van der Waals surface area contributed by atoms with Crippen molar-refractivity contribution in [3.63, 3.8) is 0 Å². The molecule has 3 rings (SSSR count). The summed E-state index contributed by atoms with van der Waals surface area (Å²) in [6.45, 7) is 4.07. The number of aromatic nitrogens is 2. The van der Waals surface area contributed by atoms with Gasteiger partial charge in [-0.15, -0.1) is 10.2 Å². The number of aliphatic hydroxyl groups excluding tert-OH is 1. The molecule has 1 aromatic carbocycles. The largest absolute Gasteiger partial charge is 0.488 e. The molecule has 8 nitrogen and oxygen atoms in total. The predicted molar refractivity (Wildman–Crippen MR) is 104 cm³/mol. The van der Waals surface area contributed by atoms with E-state index in [2.05, 4.69) is 25.7 Å². The lowest BCUT2D eigenvalue weighted by atomic mass is 10.1. The lowest BCUT2D eigenvalue weighted by Gasteiger charge is -2.39. The molecule has 0 radical (unpaired) electrons. The number of anilines is 1. The fraction of sp³-hybridized carbons (Fsp3) is 0.500. The third kappa shape index (κ3) is 5.85. The fourth-order valence-electron chi connectivity index (χ4n) is 2.80. The number of amides is 2. The van der Waals surface area contributed by atoms with Gasteiger partial charge in [0.15, 0.2) is 0 Å². The molecule has 2 amide bonds. The molecule has 0 saturated carbocycles. The van der Waals surface area contributed by atoms with E-state index in [1.165, 1.54) is 23.5 Å². The van der Waals surface area contributed by atoms with E-state index in [0.717, 1.165) is 31.1 Å². The third-order valence-electron chi connectivity index (χ3n) is 4.38. The van der Waals surface area contributed by atoms with Crippen molar-refractivity contribution < 1.29 is 19.0 Å². The molecule has 0 aliphatic carbocycles. The van der Waals surface area contributed by atoms with Crippen LogP contribution >= 0.6 is 11.3 Å². The number of hydrogen-bond donors (Lipinski definition) is 3. The molecule has 2 aromatic rings. The van der Waals surface area contributed by atoms with Crippen molar-refractivity contribution in [3.05, 3.63) is 35.1 Å². The predicted octanol–water partition coefficient (Wildman–Crippen LogP) is 1.88. The number of ether oxygens (including phenoxy) is 1. The number of carbonyl (C=O) groups is 1. The van der Waals surface area contributed by atoms with Gasteiger partial charge in [-0.2, -0.15) is 0 Å². The number of likely N-dealkylation sites (tertiary alicyclic amines) is 1. The molecule has 1 unspecified atom stereocenters. The second-order valence-corrected chi connectivity index (χ2v) is 7.64. The highest BCUT2D eigenvalue weighted by molar-refractivity contribution is 7.15. The van der Waals surface area contributed by atoms with Crippen molar-refractivity contribution >= 4 is 22.5 Å². The molecule has 3 N–H and O–H groups in total. The zero-order valence-corrected chi connectivity index (χ0v) is 16.4. The number of nitrogens with zero attached hydrogens (tertiary/aromatic N) is 3. The number of aryl methyl sites for hydroxylation is 1. The van der Waals surface area contributed by atoms with Crippen LogP contribution < -0.4 is 15.4 Å². The zero-order valence-electron chi connectivity index (χ0n) is 15.6. The summed E-state index contributed by atoms with van der Waals surface area (Å²) in [5, 5.41) is 24.0. The Morgan fingerprint density at radius 3 is 2.79 bits per heavy atom. The molecule has 1 aliphatic rings. The monoisotopic (exact) mass is 409 g/mol. The standard InChI is InChI=1S/C18H24FN5O3S/c1-2-16-22-23-18(28-16)21-17(26)20-13(11-25)7-8-24-9-15(10-24)27-14-5-3-12(19)4-6-14/h3-6,13,15,25H,2,7-11H2,1H3,(H2,20,21,23,26). The number of hydrogen-bond acceptors (Lipinski definition) is 7. The summed E-state index contributed by atoms with van der Waals surface area (Å²) < 4.78 is 18.7. The molecule has 2 heterocycles. The van der Waals surface area contributed by atoms with Gasteiger partial charge in [0.1, 0.15) is 22.7 Å². The summed E-state index contributed by atoms with van der Waals surface area (Å²) >= 11 is 1.33. The maximum absolute atomic E-state index is 12.9. The van der Waals surface area contributed by atoms with E-state index < -0.39 is 6.03 Å². The molecular weight excluding hydrogens is 385 g/mol. The van der Waals surface area contributed by atoms with E-state index in [-0.39, 0.29) is 24.6 Å². The van der Waals surface area contributed by atoms with Crippen molar-refractivity contribution in [2.45, 2.75) is 31.9 Å². The van der Waals surface area contributed by atoms with E-state index in [1.807, 2.05) is 6.92 Å². The minimum Gasteiger partial charge on any atom is -0.488 e. The van der Waals surface area contributed by atoms with Crippen LogP contribution in [0.1, 0.15) is 18.4 Å². The van der Waals surface area contributed by atoms with Crippen LogP contribution in [0.4, 0.5) is 14.3 Å². The van der Waals surface area contributed by atoms with Gasteiger partial charge in [0, 0.05) is 19.6 Å². The second kappa shape index (κ2) is 9.76. The number of aliphatic hydroxyl groups is 1. The number of nitrogens with one attached hydrogen (secondary N) is 2. The molecular formula is C18H24FN5O3S. The highest BCUT2D eigenvalue weighted by atomic mass is 32.1. The number of rotatable bonds is 9. The highest BCUT2D eigenvalue weighted by Gasteiger charge is 2.28. The Bertz CT molecular complexity index is 767. The average molecular weight is 409 g/mol. The fourth-order valence-corrected chi connectivity index (χ4v) is 3.47. The Morgan fingerprint density at radius 2 is 2.14 bits per heavy atom. The summed E-state index contributed by atoms with van der Waals surface area (Å²) in [7, 11) is 0. The van der Waals surface area contributed by atoms with Crippen molar-refractivity contribution in [2.75, 3.05) is 31.6 Å². The summed E-state index contributed by atoms with van der Waals surface area (Å²) in [6, 6.07) is 5.22. The van der Waals surface area contributed by atoms with Crippen molar-refractivity contribution in [1.29, 1.82) is 0 Å². The minimum atomic E-state index is -0.404. The molecule has 0 spiro atoms. The normalized spacial score (nSPS) is 15.7. The van der Waals surface area contributed by atoms with Gasteiger partial charge < -0.3 is 15.2 Å². The number of benzene rings is 1. The van der Waals surface area contributed by atoms with Crippen LogP contribution in [0.15, 0.2) is 24.3 Å². The van der Waals surface area contributed by atoms with E-state index in [0.29, 0.717) is 17.3 Å². The van der Waals surface area contributed by atoms with E-state index in [9.17, 15) is 14.3 Å². The summed E-state index contributed by atoms with van der Waals surface area (Å²) in [5.74, 6) is 0.367. The highest BCUT2D eigenvalue weighted by Crippen LogP contribution is 2.19. The first kappa shape index (κ1) is 20.4. The molecule has 1 saturated heterocycles. The molecule has 152 valence electrons. The van der Waals surface area contributed by atoms with Crippen LogP contribution in [0.3, 0.4) is 0 Å². The topological polar surface area (TPSA) is 99.6 Å². The van der Waals surface area contributed by atoms with Crippen LogP contribution in [-0.4, -0.2) is 64.6 Å². The van der Waals surface area contributed by atoms with Gasteiger partial charge in [-0.05, 0) is 37.1 Å². The Hall–Kier alpha value is -2.30. The maximum atomic E-state index is 12.9. The van der Waals surface area contributed by atoms with Crippen molar-refractivity contribution in [3.8, 4) is 5.75 Å². The van der Waals surface area contributed by atoms with Crippen LogP contribution in [0.2, 0.25) is 0 Å². The molecule has 10 heteroatoms. The van der Waals surface area contributed by atoms with Crippen LogP contribution in [-0.2, 0) is 6.42 Å². The van der Waals surface area contributed by atoms with Crippen LogP contribution in [0, 0.1) is 5.82 Å². The summed E-state index contributed by atoms with van der Waals surface area (Å²) in [5.41, 5.74) is 0. The van der Waals surface area contributed by atoms with E-state index in [1.54, 1.807) is 12.1 Å². The van der Waals surface area contributed by atoms with Gasteiger partial charge in [-0.1, -0.05) is 18.3 Å². The Balaban J connectivity index is 1.34. The van der Waals surface area contributed by atoms with Gasteiger partial charge >= 0.3 is 6.03 Å². The maximum Gasteiger partial charge on any atom is 0.321 e. The summed E-state index contributed by atoms with van der Waals surface area (Å²) in [4.78, 5) is 14.2. The quantitative estimate of drug-likeness (QED) is 0.585. The molecule has 1 atom stereocenters. The first-order valence-corrected chi connectivity index (χ1v) is 10.0. The van der Waals surface area contributed by atoms with Gasteiger partial charge in [-0.25, -0.2) is 9.18 Å². The van der Waals surface area contributed by atoms with Gasteiger partial charge in [0.2, 0.25) is 5.13 Å². The zero-order chi connectivity index (χ0) is 19.9. The minimum absolute atomic E-state index is 0.0689. The van der Waals surface area contributed by atoms with E-state index >= 15 is 0 Å². The Labute approximate surface area is 166 Å². The van der Waals surface area contributed by atoms with E-state index in [4.69, 9.17) is 4.74 Å². The van der Waals surface area contributed by atoms with Gasteiger partial charge in [0.25, 0.3) is 0 Å². The van der Waals surface area contributed by atoms with Gasteiger partial charge in [-0.3, -0.25) is 10.2 Å². The average Bonchev–Trinajstić information content (AvgIpc) is 3.11. The van der Waals surface area contributed by atoms with Crippen molar-refractivity contribution in [1.82, 2.24) is 20.4 Å². The molecule has 1 fully saturated rings.